The summed E-state index contributed by atoms with van der Waals surface area (Å²) in [5.74, 6) is 0. The van der Waals surface area contributed by atoms with E-state index < -0.39 is 0 Å². The molecule has 13 heavy (non-hydrogen) atoms. The summed E-state index contributed by atoms with van der Waals surface area (Å²) < 4.78 is 0. The number of nitrogens with one attached hydrogen (secondary N) is 2. The highest BCUT2D eigenvalue weighted by Crippen LogP contribution is 1.96. The third-order valence-electron chi connectivity index (χ3n) is 1.79. The molecule has 72 valence electrons. The lowest BCUT2D eigenvalue weighted by Gasteiger charge is -2.08. The molecule has 2 N–H and O–H groups in total. The third kappa shape index (κ3) is 5.14. The molecule has 1 aromatic heterocycles. The topological polar surface area (TPSA) is 57.8 Å². The minimum Gasteiger partial charge on any atom is -0.317 e. The van der Waals surface area contributed by atoms with E-state index in [0.717, 1.165) is 0 Å². The first kappa shape index (κ1) is 9.92. The molecule has 0 amide bonds. The lowest BCUT2D eigenvalue weighted by molar-refractivity contribution is 0.520. The average molecular weight is 181 g/mol. The van der Waals surface area contributed by atoms with Gasteiger partial charge in [-0.25, -0.2) is 5.10 Å². The minimum absolute atomic E-state index is 0.164. The molecule has 4 heteroatoms. The monoisotopic (exact) mass is 181 g/mol. The van der Waals surface area contributed by atoms with Crippen LogP contribution in [0.5, 0.6) is 0 Å². The normalized spacial score (nSPS) is 15.7. The van der Waals surface area contributed by atoms with Crippen molar-refractivity contribution in [2.24, 2.45) is 0 Å². The summed E-state index contributed by atoms with van der Waals surface area (Å²) in [5.41, 5.74) is -0.164. The van der Waals surface area contributed by atoms with Crippen molar-refractivity contribution >= 4 is 0 Å². The molecule has 1 aromatic rings. The first-order valence-electron chi connectivity index (χ1n) is 4.60. The molecule has 4 nitrogen and oxygen atoms in total. The standard InChI is InChI=1S/C5H11N.C4H4N2O/c1-2-4-6-5-3-1;7-4-2-1-3-5-6-4/h6H,1-5H2;1-3H,(H,6,7). The molecule has 2 heterocycles. The van der Waals surface area contributed by atoms with E-state index in [1.807, 2.05) is 0 Å². The number of aromatic nitrogens is 2. The number of rotatable bonds is 0. The predicted octanol–water partition coefficient (Wildman–Crippen LogP) is 0.530. The van der Waals surface area contributed by atoms with Gasteiger partial charge in [-0.2, -0.15) is 5.10 Å². The number of hydrogen-bond donors (Lipinski definition) is 2. The van der Waals surface area contributed by atoms with Crippen molar-refractivity contribution in [3.8, 4) is 0 Å². The van der Waals surface area contributed by atoms with Gasteiger partial charge in [0.25, 0.3) is 5.56 Å². The van der Waals surface area contributed by atoms with Gasteiger partial charge in [-0.05, 0) is 32.0 Å². The molecule has 2 rings (SSSR count). The van der Waals surface area contributed by atoms with Crippen LogP contribution in [0.2, 0.25) is 0 Å². The second-order valence-electron chi connectivity index (χ2n) is 2.92. The second kappa shape index (κ2) is 6.37. The fraction of sp³-hybridized carbons (Fsp3) is 0.556. The number of piperidine rings is 1. The van der Waals surface area contributed by atoms with Crippen LogP contribution in [0.3, 0.4) is 0 Å². The average Bonchev–Trinajstić information content (AvgIpc) is 2.22. The molecule has 0 spiro atoms. The van der Waals surface area contributed by atoms with Gasteiger partial charge in [0.2, 0.25) is 0 Å². The maximum atomic E-state index is 10.2. The third-order valence-corrected chi connectivity index (χ3v) is 1.79. The number of hydrogen-bond acceptors (Lipinski definition) is 3. The van der Waals surface area contributed by atoms with E-state index in [1.54, 1.807) is 6.07 Å². The summed E-state index contributed by atoms with van der Waals surface area (Å²) in [6, 6.07) is 2.99. The Bertz CT molecular complexity index is 239. The van der Waals surface area contributed by atoms with Crippen molar-refractivity contribution in [1.82, 2.24) is 15.5 Å². The fourth-order valence-electron chi connectivity index (χ4n) is 1.11. The van der Waals surface area contributed by atoms with Crippen LogP contribution in [-0.2, 0) is 0 Å². The maximum Gasteiger partial charge on any atom is 0.264 e. The molecular formula is C9H15N3O. The predicted molar refractivity (Wildman–Crippen MR) is 51.6 cm³/mol. The molecule has 0 atom stereocenters. The first-order valence-corrected chi connectivity index (χ1v) is 4.60. The van der Waals surface area contributed by atoms with Crippen LogP contribution in [-0.4, -0.2) is 23.3 Å². The molecule has 0 aliphatic carbocycles. The van der Waals surface area contributed by atoms with Crippen molar-refractivity contribution in [3.05, 3.63) is 28.7 Å². The smallest absolute Gasteiger partial charge is 0.264 e. The largest absolute Gasteiger partial charge is 0.317 e. The molecule has 1 aliphatic rings. The lowest BCUT2D eigenvalue weighted by Crippen LogP contribution is -2.21. The fourth-order valence-corrected chi connectivity index (χ4v) is 1.11. The van der Waals surface area contributed by atoms with Gasteiger partial charge in [-0.1, -0.05) is 6.42 Å². The van der Waals surface area contributed by atoms with Crippen molar-refractivity contribution in [3.63, 3.8) is 0 Å². The summed E-state index contributed by atoms with van der Waals surface area (Å²) in [4.78, 5) is 10.2. The summed E-state index contributed by atoms with van der Waals surface area (Å²) in [7, 11) is 0. The number of nitrogens with zero attached hydrogens (tertiary/aromatic N) is 1. The van der Waals surface area contributed by atoms with Gasteiger partial charge in [-0.15, -0.1) is 0 Å². The minimum atomic E-state index is -0.164. The van der Waals surface area contributed by atoms with Gasteiger partial charge >= 0.3 is 0 Å². The van der Waals surface area contributed by atoms with Gasteiger partial charge in [0.05, 0.1) is 0 Å². The molecule has 1 saturated heterocycles. The highest BCUT2D eigenvalue weighted by atomic mass is 16.1. The zero-order chi connectivity index (χ0) is 9.36. The van der Waals surface area contributed by atoms with Gasteiger partial charge < -0.3 is 5.32 Å². The van der Waals surface area contributed by atoms with E-state index in [1.165, 1.54) is 44.6 Å². The van der Waals surface area contributed by atoms with Crippen LogP contribution >= 0.6 is 0 Å². The zero-order valence-corrected chi connectivity index (χ0v) is 7.62. The van der Waals surface area contributed by atoms with Gasteiger partial charge in [-0.3, -0.25) is 4.79 Å². The summed E-state index contributed by atoms with van der Waals surface area (Å²) in [5, 5.41) is 8.96. The van der Waals surface area contributed by atoms with Crippen molar-refractivity contribution < 1.29 is 0 Å². The van der Waals surface area contributed by atoms with E-state index in [2.05, 4.69) is 15.5 Å². The van der Waals surface area contributed by atoms with E-state index in [9.17, 15) is 4.79 Å². The molecule has 0 bridgehead atoms. The van der Waals surface area contributed by atoms with Crippen LogP contribution in [0.4, 0.5) is 0 Å². The Morgan fingerprint density at radius 2 is 2.00 bits per heavy atom. The van der Waals surface area contributed by atoms with Crippen molar-refractivity contribution in [2.75, 3.05) is 13.1 Å². The van der Waals surface area contributed by atoms with Crippen LogP contribution in [0.1, 0.15) is 19.3 Å². The van der Waals surface area contributed by atoms with Gasteiger partial charge in [0.15, 0.2) is 0 Å². The summed E-state index contributed by atoms with van der Waals surface area (Å²) in [6.07, 6.45) is 5.73. The van der Waals surface area contributed by atoms with Crippen molar-refractivity contribution in [1.29, 1.82) is 0 Å². The Morgan fingerprint density at radius 3 is 2.23 bits per heavy atom. The van der Waals surface area contributed by atoms with Crippen molar-refractivity contribution in [2.45, 2.75) is 19.3 Å². The second-order valence-corrected chi connectivity index (χ2v) is 2.92. The molecule has 0 unspecified atom stereocenters. The van der Waals surface area contributed by atoms with Crippen LogP contribution in [0.15, 0.2) is 23.1 Å². The Kier molecular flexibility index (Phi) is 4.86. The quantitative estimate of drug-likeness (QED) is 0.614. The maximum absolute atomic E-state index is 10.2. The zero-order valence-electron chi connectivity index (χ0n) is 7.62. The molecule has 1 fully saturated rings. The first-order chi connectivity index (χ1) is 6.39. The summed E-state index contributed by atoms with van der Waals surface area (Å²) in [6.45, 7) is 2.50. The Balaban J connectivity index is 0.000000132. The molecular weight excluding hydrogens is 166 g/mol. The molecule has 0 saturated carbocycles. The van der Waals surface area contributed by atoms with Gasteiger partial charge in [0, 0.05) is 12.3 Å². The van der Waals surface area contributed by atoms with E-state index in [4.69, 9.17) is 0 Å². The van der Waals surface area contributed by atoms with E-state index in [-0.39, 0.29) is 5.56 Å². The number of H-pyrrole nitrogens is 1. The Hall–Kier alpha value is -1.16. The molecule has 0 aromatic carbocycles. The SMILES string of the molecule is C1CCNCC1.O=c1cccn[nH]1. The highest BCUT2D eigenvalue weighted by Gasteiger charge is 1.93. The van der Waals surface area contributed by atoms with Crippen LogP contribution in [0, 0.1) is 0 Å². The van der Waals surface area contributed by atoms with Crippen LogP contribution < -0.4 is 10.9 Å². The molecule has 1 aliphatic heterocycles. The summed E-state index contributed by atoms with van der Waals surface area (Å²) >= 11 is 0. The van der Waals surface area contributed by atoms with Gasteiger partial charge in [0.1, 0.15) is 0 Å². The highest BCUT2D eigenvalue weighted by molar-refractivity contribution is 4.81. The number of aromatic amines is 1. The lowest BCUT2D eigenvalue weighted by atomic mass is 10.2. The Morgan fingerprint density at radius 1 is 1.23 bits per heavy atom. The van der Waals surface area contributed by atoms with Crippen LogP contribution in [0.25, 0.3) is 0 Å². The van der Waals surface area contributed by atoms with E-state index >= 15 is 0 Å². The Labute approximate surface area is 77.4 Å². The molecule has 0 radical (unpaired) electrons. The van der Waals surface area contributed by atoms with E-state index in [0.29, 0.717) is 0 Å².